The number of carbonyl (C=O) groups excluding carboxylic acids is 1. The molecular weight excluding hydrogens is 384 g/mol. The lowest BCUT2D eigenvalue weighted by Gasteiger charge is -2.25. The van der Waals surface area contributed by atoms with Crippen LogP contribution in [-0.2, 0) is 27.7 Å². The molecule has 1 atom stereocenters. The van der Waals surface area contributed by atoms with E-state index >= 15 is 0 Å². The molecule has 156 valence electrons. The number of nitrogens with one attached hydrogen (secondary N) is 1. The van der Waals surface area contributed by atoms with Crippen molar-refractivity contribution < 1.29 is 13.2 Å². The Morgan fingerprint density at radius 1 is 1.07 bits per heavy atom. The molecule has 0 saturated carbocycles. The summed E-state index contributed by atoms with van der Waals surface area (Å²) in [5, 5.41) is 3.03. The molecule has 0 bridgehead atoms. The Labute approximate surface area is 174 Å². The number of rotatable bonds is 7. The molecule has 0 aliphatic heterocycles. The van der Waals surface area contributed by atoms with E-state index in [-0.39, 0.29) is 18.5 Å². The summed E-state index contributed by atoms with van der Waals surface area (Å²) in [6.07, 6.45) is 6.52. The van der Waals surface area contributed by atoms with Crippen LogP contribution in [0.4, 0.5) is 5.69 Å². The summed E-state index contributed by atoms with van der Waals surface area (Å²) in [6, 6.07) is 13.5. The summed E-state index contributed by atoms with van der Waals surface area (Å²) in [5.41, 5.74) is 5.39. The van der Waals surface area contributed by atoms with Gasteiger partial charge in [0, 0.05) is 0 Å². The first-order valence-electron chi connectivity index (χ1n) is 10.2. The van der Waals surface area contributed by atoms with Gasteiger partial charge in [-0.25, -0.2) is 8.42 Å². The van der Waals surface area contributed by atoms with Crippen LogP contribution in [0.1, 0.15) is 54.5 Å². The maximum atomic E-state index is 12.8. The van der Waals surface area contributed by atoms with Crippen LogP contribution in [0.15, 0.2) is 42.5 Å². The molecule has 3 rings (SSSR count). The Bertz CT molecular complexity index is 968. The smallest absolute Gasteiger partial charge is 0.241 e. The fourth-order valence-corrected chi connectivity index (χ4v) is 4.73. The van der Waals surface area contributed by atoms with Crippen LogP contribution in [0, 0.1) is 6.92 Å². The van der Waals surface area contributed by atoms with Crippen LogP contribution in [0.3, 0.4) is 0 Å². The number of aryl methyl sites for hydroxylation is 3. The van der Waals surface area contributed by atoms with Gasteiger partial charge in [-0.1, -0.05) is 42.8 Å². The minimum Gasteiger partial charge on any atom is -0.348 e. The van der Waals surface area contributed by atoms with Gasteiger partial charge in [-0.2, -0.15) is 0 Å². The first-order chi connectivity index (χ1) is 13.8. The van der Waals surface area contributed by atoms with Gasteiger partial charge in [0.25, 0.3) is 0 Å². The van der Waals surface area contributed by atoms with Gasteiger partial charge in [-0.3, -0.25) is 9.10 Å². The van der Waals surface area contributed by atoms with Crippen LogP contribution in [0.2, 0.25) is 0 Å². The Kier molecular flexibility index (Phi) is 6.63. The number of benzene rings is 2. The zero-order chi connectivity index (χ0) is 21.0. The second-order valence-corrected chi connectivity index (χ2v) is 9.78. The van der Waals surface area contributed by atoms with E-state index in [4.69, 9.17) is 0 Å². The second-order valence-electron chi connectivity index (χ2n) is 7.87. The minimum atomic E-state index is -3.57. The van der Waals surface area contributed by atoms with Gasteiger partial charge in [-0.05, 0) is 67.9 Å². The topological polar surface area (TPSA) is 66.5 Å². The molecular formula is C23H30N2O3S. The van der Waals surface area contributed by atoms with E-state index in [0.717, 1.165) is 41.0 Å². The van der Waals surface area contributed by atoms with Gasteiger partial charge in [0.05, 0.1) is 18.0 Å². The minimum absolute atomic E-state index is 0.130. The van der Waals surface area contributed by atoms with Crippen molar-refractivity contribution in [3.63, 3.8) is 0 Å². The molecule has 0 spiro atoms. The van der Waals surface area contributed by atoms with Crippen LogP contribution in [0.25, 0.3) is 0 Å². The van der Waals surface area contributed by atoms with Crippen molar-refractivity contribution >= 4 is 21.6 Å². The molecule has 0 fully saturated rings. The Morgan fingerprint density at radius 3 is 2.34 bits per heavy atom. The van der Waals surface area contributed by atoms with Gasteiger partial charge < -0.3 is 5.32 Å². The molecule has 0 heterocycles. The molecule has 6 heteroatoms. The zero-order valence-electron chi connectivity index (χ0n) is 17.4. The van der Waals surface area contributed by atoms with Gasteiger partial charge in [0.1, 0.15) is 6.54 Å². The third-order valence-corrected chi connectivity index (χ3v) is 6.67. The third kappa shape index (κ3) is 5.38. The number of anilines is 1. The van der Waals surface area contributed by atoms with E-state index in [1.165, 1.54) is 24.0 Å². The molecule has 1 aliphatic rings. The zero-order valence-corrected chi connectivity index (χ0v) is 18.3. The highest BCUT2D eigenvalue weighted by molar-refractivity contribution is 7.92. The van der Waals surface area contributed by atoms with E-state index in [0.29, 0.717) is 5.69 Å². The van der Waals surface area contributed by atoms with Gasteiger partial charge >= 0.3 is 0 Å². The molecule has 2 aromatic rings. The fourth-order valence-electron chi connectivity index (χ4n) is 3.87. The molecule has 1 amide bonds. The lowest BCUT2D eigenvalue weighted by atomic mass is 9.89. The number of hydrogen-bond acceptors (Lipinski definition) is 3. The van der Waals surface area contributed by atoms with E-state index in [9.17, 15) is 13.2 Å². The highest BCUT2D eigenvalue weighted by Gasteiger charge is 2.23. The molecule has 1 aliphatic carbocycles. The lowest BCUT2D eigenvalue weighted by molar-refractivity contribution is -0.120. The number of carbonyl (C=O) groups is 1. The van der Waals surface area contributed by atoms with Crippen molar-refractivity contribution in [1.29, 1.82) is 0 Å². The molecule has 29 heavy (non-hydrogen) atoms. The maximum Gasteiger partial charge on any atom is 0.241 e. The normalized spacial score (nSPS) is 14.7. The summed E-state index contributed by atoms with van der Waals surface area (Å²) in [5.74, 6) is -0.305. The van der Waals surface area contributed by atoms with Crippen molar-refractivity contribution in [2.75, 3.05) is 17.1 Å². The average Bonchev–Trinajstić information content (AvgIpc) is 2.70. The van der Waals surface area contributed by atoms with Crippen molar-refractivity contribution in [1.82, 2.24) is 5.32 Å². The standard InChI is InChI=1S/C23H30N2O3S/c1-4-22(20-12-11-18-7-5-6-8-19(18)15-20)24-23(26)16-25(29(3,27)28)21-13-9-17(2)10-14-21/h9-15,22H,4-8,16H2,1-3H3,(H,24,26)/t22-/m0/s1. The molecule has 1 N–H and O–H groups in total. The number of sulfonamides is 1. The van der Waals surface area contributed by atoms with Crippen LogP contribution in [0.5, 0.6) is 0 Å². The van der Waals surface area contributed by atoms with Gasteiger partial charge in [0.2, 0.25) is 15.9 Å². The predicted octanol–water partition coefficient (Wildman–Crippen LogP) is 3.91. The summed E-state index contributed by atoms with van der Waals surface area (Å²) in [7, 11) is -3.57. The van der Waals surface area contributed by atoms with E-state index in [1.807, 2.05) is 26.0 Å². The molecule has 0 unspecified atom stereocenters. The van der Waals surface area contributed by atoms with Crippen LogP contribution < -0.4 is 9.62 Å². The molecule has 0 aromatic heterocycles. The van der Waals surface area contributed by atoms with E-state index in [1.54, 1.807) is 12.1 Å². The first kappa shape index (κ1) is 21.4. The highest BCUT2D eigenvalue weighted by atomic mass is 32.2. The maximum absolute atomic E-state index is 12.8. The second kappa shape index (κ2) is 8.99. The highest BCUT2D eigenvalue weighted by Crippen LogP contribution is 2.26. The number of fused-ring (bicyclic) bond motifs is 1. The third-order valence-electron chi connectivity index (χ3n) is 5.53. The quantitative estimate of drug-likeness (QED) is 0.747. The molecule has 0 saturated heterocycles. The van der Waals surface area contributed by atoms with Crippen molar-refractivity contribution in [3.05, 3.63) is 64.7 Å². The fraction of sp³-hybridized carbons (Fsp3) is 0.435. The van der Waals surface area contributed by atoms with Crippen LogP contribution >= 0.6 is 0 Å². The number of hydrogen-bond donors (Lipinski definition) is 1. The summed E-state index contributed by atoms with van der Waals surface area (Å²) in [6.45, 7) is 3.73. The molecule has 5 nitrogen and oxygen atoms in total. The summed E-state index contributed by atoms with van der Waals surface area (Å²) in [4.78, 5) is 12.8. The van der Waals surface area contributed by atoms with Crippen molar-refractivity contribution in [3.8, 4) is 0 Å². The average molecular weight is 415 g/mol. The Morgan fingerprint density at radius 2 is 1.72 bits per heavy atom. The SMILES string of the molecule is CC[C@H](NC(=O)CN(c1ccc(C)cc1)S(C)(=O)=O)c1ccc2c(c1)CCCC2. The van der Waals surface area contributed by atoms with E-state index < -0.39 is 10.0 Å². The van der Waals surface area contributed by atoms with Gasteiger partial charge in [0.15, 0.2) is 0 Å². The predicted molar refractivity (Wildman–Crippen MR) is 118 cm³/mol. The first-order valence-corrected chi connectivity index (χ1v) is 12.1. The molecule has 2 aromatic carbocycles. The van der Waals surface area contributed by atoms with E-state index in [2.05, 4.69) is 23.5 Å². The lowest BCUT2D eigenvalue weighted by Crippen LogP contribution is -2.41. The van der Waals surface area contributed by atoms with Gasteiger partial charge in [-0.15, -0.1) is 0 Å². The Balaban J connectivity index is 1.75. The van der Waals surface area contributed by atoms with Crippen LogP contribution in [-0.4, -0.2) is 27.1 Å². The number of nitrogens with zero attached hydrogens (tertiary/aromatic N) is 1. The molecule has 0 radical (unpaired) electrons. The van der Waals surface area contributed by atoms with Crippen molar-refractivity contribution in [2.45, 2.75) is 52.0 Å². The monoisotopic (exact) mass is 414 g/mol. The number of amides is 1. The van der Waals surface area contributed by atoms with Crippen molar-refractivity contribution in [2.24, 2.45) is 0 Å². The largest absolute Gasteiger partial charge is 0.348 e. The summed E-state index contributed by atoms with van der Waals surface area (Å²) >= 11 is 0. The summed E-state index contributed by atoms with van der Waals surface area (Å²) < 4.78 is 25.7. The Hall–Kier alpha value is -2.34.